The fourth-order valence-electron chi connectivity index (χ4n) is 1.34. The van der Waals surface area contributed by atoms with Gasteiger partial charge in [0.2, 0.25) is 5.91 Å². The van der Waals surface area contributed by atoms with Gasteiger partial charge in [-0.25, -0.2) is 0 Å². The number of carbonyl (C=O) groups is 1. The van der Waals surface area contributed by atoms with Crippen molar-refractivity contribution in [3.8, 4) is 0 Å². The second-order valence-corrected chi connectivity index (χ2v) is 5.88. The van der Waals surface area contributed by atoms with E-state index in [9.17, 15) is 4.79 Å². The first-order valence-electron chi connectivity index (χ1n) is 5.99. The van der Waals surface area contributed by atoms with Crippen molar-refractivity contribution in [3.63, 3.8) is 0 Å². The van der Waals surface area contributed by atoms with Gasteiger partial charge in [0.1, 0.15) is 6.61 Å². The van der Waals surface area contributed by atoms with Gasteiger partial charge in [-0.15, -0.1) is 0 Å². The molecule has 1 rings (SSSR count). The third-order valence-electron chi connectivity index (χ3n) is 2.26. The first-order valence-corrected chi connectivity index (χ1v) is 7.11. The summed E-state index contributed by atoms with van der Waals surface area (Å²) in [5.74, 6) is -0.127. The topological polar surface area (TPSA) is 38.3 Å². The maximum atomic E-state index is 11.6. The molecule has 1 aromatic rings. The van der Waals surface area contributed by atoms with Crippen LogP contribution in [-0.4, -0.2) is 23.4 Å². The Morgan fingerprint density at radius 3 is 2.39 bits per heavy atom. The number of nitrogens with one attached hydrogen (secondary N) is 1. The fourth-order valence-corrected chi connectivity index (χ4v) is 1.80. The molecule has 0 radical (unpaired) electrons. The van der Waals surface area contributed by atoms with E-state index in [4.69, 9.17) is 4.74 Å². The number of alkyl halides is 1. The maximum Gasteiger partial charge on any atom is 0.250 e. The largest absolute Gasteiger partial charge is 0.366 e. The van der Waals surface area contributed by atoms with Crippen LogP contribution in [-0.2, 0) is 16.0 Å². The molecule has 0 aliphatic carbocycles. The minimum atomic E-state index is -0.295. The third-order valence-corrected chi connectivity index (χ3v) is 2.65. The molecule has 0 atom stereocenters. The molecule has 3 nitrogen and oxygen atoms in total. The number of rotatable bonds is 5. The number of hydrogen-bond acceptors (Lipinski definition) is 2. The first kappa shape index (κ1) is 15.2. The number of benzene rings is 1. The van der Waals surface area contributed by atoms with Crippen LogP contribution in [0.15, 0.2) is 24.3 Å². The Bertz CT molecular complexity index is 382. The monoisotopic (exact) mass is 313 g/mol. The molecule has 0 saturated carbocycles. The van der Waals surface area contributed by atoms with Crippen molar-refractivity contribution in [2.75, 3.05) is 17.3 Å². The molecule has 0 spiro atoms. The Kier molecular flexibility index (Phi) is 5.82. The summed E-state index contributed by atoms with van der Waals surface area (Å²) in [5, 5.41) is 3.75. The fraction of sp³-hybridized carbons (Fsp3) is 0.500. The lowest BCUT2D eigenvalue weighted by Crippen LogP contribution is -2.27. The Hall–Kier alpha value is -0.870. The van der Waals surface area contributed by atoms with Crippen molar-refractivity contribution in [2.24, 2.45) is 0 Å². The van der Waals surface area contributed by atoms with Gasteiger partial charge in [0.15, 0.2) is 0 Å². The minimum Gasteiger partial charge on any atom is -0.366 e. The van der Waals surface area contributed by atoms with Crippen LogP contribution in [0.25, 0.3) is 0 Å². The van der Waals surface area contributed by atoms with Crippen molar-refractivity contribution in [2.45, 2.75) is 32.8 Å². The molecule has 0 aliphatic rings. The van der Waals surface area contributed by atoms with Crippen LogP contribution >= 0.6 is 15.9 Å². The Balaban J connectivity index is 2.44. The van der Waals surface area contributed by atoms with Crippen molar-refractivity contribution >= 4 is 27.5 Å². The van der Waals surface area contributed by atoms with Gasteiger partial charge in [-0.2, -0.15) is 0 Å². The lowest BCUT2D eigenvalue weighted by atomic mass is 10.1. The highest BCUT2D eigenvalue weighted by atomic mass is 79.9. The predicted octanol–water partition coefficient (Wildman–Crippen LogP) is 3.38. The highest BCUT2D eigenvalue weighted by Gasteiger charge is 2.12. The van der Waals surface area contributed by atoms with Crippen LogP contribution in [0.5, 0.6) is 0 Å². The molecule has 1 amide bonds. The second-order valence-electron chi connectivity index (χ2n) is 5.09. The number of aryl methyl sites for hydroxylation is 1. The number of carbonyl (C=O) groups excluding carboxylic acids is 1. The lowest BCUT2D eigenvalue weighted by molar-refractivity contribution is -0.125. The Labute approximate surface area is 117 Å². The van der Waals surface area contributed by atoms with Gasteiger partial charge in [-0.05, 0) is 44.9 Å². The molecule has 100 valence electrons. The molecule has 0 heterocycles. The van der Waals surface area contributed by atoms with Crippen LogP contribution in [0, 0.1) is 0 Å². The quantitative estimate of drug-likeness (QED) is 0.846. The molecule has 18 heavy (non-hydrogen) atoms. The summed E-state index contributed by atoms with van der Waals surface area (Å²) in [5.41, 5.74) is 1.75. The van der Waals surface area contributed by atoms with Gasteiger partial charge < -0.3 is 10.1 Å². The van der Waals surface area contributed by atoms with E-state index >= 15 is 0 Å². The van der Waals surface area contributed by atoms with Crippen LogP contribution in [0.4, 0.5) is 5.69 Å². The summed E-state index contributed by atoms with van der Waals surface area (Å²) in [4.78, 5) is 11.6. The molecular weight excluding hydrogens is 294 g/mol. The maximum absolute atomic E-state index is 11.6. The zero-order valence-electron chi connectivity index (χ0n) is 11.1. The Morgan fingerprint density at radius 1 is 1.28 bits per heavy atom. The summed E-state index contributed by atoms with van der Waals surface area (Å²) in [6.45, 7) is 5.85. The average molecular weight is 314 g/mol. The molecule has 4 heteroatoms. The van der Waals surface area contributed by atoms with E-state index in [0.717, 1.165) is 17.4 Å². The molecular formula is C14H20BrNO2. The highest BCUT2D eigenvalue weighted by molar-refractivity contribution is 9.09. The third kappa shape index (κ3) is 6.17. The molecule has 1 N–H and O–H groups in total. The van der Waals surface area contributed by atoms with Crippen LogP contribution in [0.3, 0.4) is 0 Å². The number of hydrogen-bond donors (Lipinski definition) is 1. The van der Waals surface area contributed by atoms with Crippen molar-refractivity contribution in [1.82, 2.24) is 0 Å². The molecule has 0 bridgehead atoms. The van der Waals surface area contributed by atoms with E-state index in [2.05, 4.69) is 21.2 Å². The summed E-state index contributed by atoms with van der Waals surface area (Å²) in [6.07, 6.45) is 0.987. The first-order chi connectivity index (χ1) is 8.40. The number of halogens is 1. The highest BCUT2D eigenvalue weighted by Crippen LogP contribution is 2.11. The van der Waals surface area contributed by atoms with Crippen molar-refractivity contribution in [1.29, 1.82) is 0 Å². The van der Waals surface area contributed by atoms with E-state index in [1.54, 1.807) is 0 Å². The van der Waals surface area contributed by atoms with Crippen LogP contribution in [0.2, 0.25) is 0 Å². The van der Waals surface area contributed by atoms with Gasteiger partial charge in [0.05, 0.1) is 5.60 Å². The van der Waals surface area contributed by atoms with E-state index in [-0.39, 0.29) is 18.1 Å². The smallest absolute Gasteiger partial charge is 0.250 e. The van der Waals surface area contributed by atoms with Crippen LogP contribution < -0.4 is 5.32 Å². The molecule has 0 fully saturated rings. The number of anilines is 1. The van der Waals surface area contributed by atoms with Gasteiger partial charge in [0, 0.05) is 11.0 Å². The normalized spacial score (nSPS) is 11.3. The van der Waals surface area contributed by atoms with E-state index in [1.807, 2.05) is 45.0 Å². The number of amides is 1. The zero-order chi connectivity index (χ0) is 13.6. The standard InChI is InChI=1S/C14H20BrNO2/c1-14(2,3)18-10-13(17)16-12-6-4-11(5-7-12)8-9-15/h4-7H,8-10H2,1-3H3,(H,16,17). The summed E-state index contributed by atoms with van der Waals surface area (Å²) < 4.78 is 5.41. The predicted molar refractivity (Wildman–Crippen MR) is 78.3 cm³/mol. The molecule has 0 aromatic heterocycles. The van der Waals surface area contributed by atoms with Gasteiger partial charge in [0.25, 0.3) is 0 Å². The summed E-state index contributed by atoms with van der Waals surface area (Å²) >= 11 is 3.40. The zero-order valence-corrected chi connectivity index (χ0v) is 12.7. The van der Waals surface area contributed by atoms with E-state index in [1.165, 1.54) is 5.56 Å². The lowest BCUT2D eigenvalue weighted by Gasteiger charge is -2.19. The van der Waals surface area contributed by atoms with Crippen molar-refractivity contribution in [3.05, 3.63) is 29.8 Å². The van der Waals surface area contributed by atoms with Crippen LogP contribution in [0.1, 0.15) is 26.3 Å². The molecule has 1 aromatic carbocycles. The summed E-state index contributed by atoms with van der Waals surface area (Å²) in [6, 6.07) is 7.85. The van der Waals surface area contributed by atoms with Gasteiger partial charge >= 0.3 is 0 Å². The molecule has 0 aliphatic heterocycles. The van der Waals surface area contributed by atoms with Gasteiger partial charge in [-0.3, -0.25) is 4.79 Å². The summed E-state index contributed by atoms with van der Waals surface area (Å²) in [7, 11) is 0. The van der Waals surface area contributed by atoms with Gasteiger partial charge in [-0.1, -0.05) is 28.1 Å². The van der Waals surface area contributed by atoms with E-state index < -0.39 is 0 Å². The minimum absolute atomic E-state index is 0.0760. The Morgan fingerprint density at radius 2 is 1.89 bits per heavy atom. The van der Waals surface area contributed by atoms with E-state index in [0.29, 0.717) is 0 Å². The van der Waals surface area contributed by atoms with Crippen molar-refractivity contribution < 1.29 is 9.53 Å². The molecule has 0 saturated heterocycles. The number of ether oxygens (including phenoxy) is 1. The SMILES string of the molecule is CC(C)(C)OCC(=O)Nc1ccc(CCBr)cc1. The second kappa shape index (κ2) is 6.90. The average Bonchev–Trinajstić information content (AvgIpc) is 2.29. The molecule has 0 unspecified atom stereocenters.